The quantitative estimate of drug-likeness (QED) is 0.131. The molecule has 0 fully saturated rings. The van der Waals surface area contributed by atoms with E-state index >= 15 is 0 Å². The molecule has 0 aliphatic carbocycles. The Balaban J connectivity index is 2.95. The van der Waals surface area contributed by atoms with Gasteiger partial charge in [-0.1, -0.05) is 13.8 Å². The molecule has 1 heterocycles. The van der Waals surface area contributed by atoms with Crippen molar-refractivity contribution in [1.29, 1.82) is 0 Å². The van der Waals surface area contributed by atoms with Crippen LogP contribution in [0.4, 0.5) is 0 Å². The molecular formula is C19H29N7O8. The van der Waals surface area contributed by atoms with E-state index < -0.39 is 78.5 Å². The summed E-state index contributed by atoms with van der Waals surface area (Å²) in [6.45, 7) is 3.17. The predicted molar refractivity (Wildman–Crippen MR) is 115 cm³/mol. The van der Waals surface area contributed by atoms with E-state index in [2.05, 4.69) is 25.9 Å². The van der Waals surface area contributed by atoms with Gasteiger partial charge in [0.05, 0.1) is 25.2 Å². The number of carboxylic acid groups (broad SMARTS) is 2. The molecular weight excluding hydrogens is 454 g/mol. The van der Waals surface area contributed by atoms with Gasteiger partial charge >= 0.3 is 11.9 Å². The number of carbonyl (C=O) groups is 6. The number of aromatic amines is 1. The van der Waals surface area contributed by atoms with E-state index in [0.717, 1.165) is 0 Å². The first-order chi connectivity index (χ1) is 15.8. The minimum absolute atomic E-state index is 0.0956. The zero-order valence-electron chi connectivity index (χ0n) is 18.6. The number of imidazole rings is 1. The maximum absolute atomic E-state index is 12.8. The van der Waals surface area contributed by atoms with Crippen LogP contribution >= 0.6 is 0 Å². The topological polar surface area (TPSA) is 260 Å². The third-order valence-electron chi connectivity index (χ3n) is 4.61. The van der Waals surface area contributed by atoms with E-state index in [9.17, 15) is 33.9 Å². The zero-order valence-corrected chi connectivity index (χ0v) is 18.6. The minimum Gasteiger partial charge on any atom is -0.481 e. The molecule has 1 aromatic rings. The molecule has 0 bridgehead atoms. The van der Waals surface area contributed by atoms with Crippen molar-refractivity contribution >= 4 is 35.6 Å². The lowest BCUT2D eigenvalue weighted by Gasteiger charge is -2.26. The Kier molecular flexibility index (Phi) is 10.6. The number of carboxylic acids is 2. The normalized spacial score (nSPS) is 14.4. The maximum Gasteiger partial charge on any atom is 0.326 e. The first-order valence-corrected chi connectivity index (χ1v) is 10.2. The van der Waals surface area contributed by atoms with Crippen LogP contribution < -0.4 is 27.4 Å². The number of rotatable bonds is 14. The summed E-state index contributed by atoms with van der Waals surface area (Å²) in [6.07, 6.45) is 1.28. The summed E-state index contributed by atoms with van der Waals surface area (Å²) in [7, 11) is 0. The van der Waals surface area contributed by atoms with E-state index in [1.807, 2.05) is 0 Å². The van der Waals surface area contributed by atoms with Crippen LogP contribution in [0, 0.1) is 5.92 Å². The number of carbonyl (C=O) groups excluding carboxylic acids is 4. The number of nitrogens with one attached hydrogen (secondary N) is 4. The molecule has 0 saturated heterocycles. The van der Waals surface area contributed by atoms with Gasteiger partial charge in [-0.25, -0.2) is 9.78 Å². The predicted octanol–water partition coefficient (Wildman–Crippen LogP) is -3.18. The highest BCUT2D eigenvalue weighted by Gasteiger charge is 2.33. The Morgan fingerprint density at radius 3 is 2.06 bits per heavy atom. The molecule has 0 aliphatic heterocycles. The summed E-state index contributed by atoms with van der Waals surface area (Å²) in [4.78, 5) is 77.9. The lowest BCUT2D eigenvalue weighted by Crippen LogP contribution is -2.59. The molecule has 0 spiro atoms. The molecule has 4 amide bonds. The smallest absolute Gasteiger partial charge is 0.326 e. The maximum atomic E-state index is 12.8. The Bertz CT molecular complexity index is 902. The van der Waals surface area contributed by atoms with Crippen LogP contribution in [0.15, 0.2) is 12.5 Å². The van der Waals surface area contributed by atoms with Crippen LogP contribution in [-0.2, 0) is 35.2 Å². The van der Waals surface area contributed by atoms with Crippen LogP contribution in [0.3, 0.4) is 0 Å². The molecule has 0 aliphatic rings. The number of nitrogens with zero attached hydrogens (tertiary/aromatic N) is 1. The average Bonchev–Trinajstić information content (AvgIpc) is 3.22. The highest BCUT2D eigenvalue weighted by Crippen LogP contribution is 2.06. The van der Waals surface area contributed by atoms with Crippen molar-refractivity contribution in [3.05, 3.63) is 18.2 Å². The summed E-state index contributed by atoms with van der Waals surface area (Å²) in [5.41, 5.74) is 11.1. The average molecular weight is 483 g/mol. The third kappa shape index (κ3) is 9.23. The van der Waals surface area contributed by atoms with Gasteiger partial charge in [-0.2, -0.15) is 0 Å². The van der Waals surface area contributed by atoms with Crippen LogP contribution in [-0.4, -0.2) is 79.9 Å². The fraction of sp³-hybridized carbons (Fsp3) is 0.526. The van der Waals surface area contributed by atoms with Crippen molar-refractivity contribution in [2.45, 2.75) is 57.3 Å². The van der Waals surface area contributed by atoms with Crippen LogP contribution in [0.2, 0.25) is 0 Å². The molecule has 0 aromatic carbocycles. The highest BCUT2D eigenvalue weighted by molar-refractivity contribution is 5.96. The summed E-state index contributed by atoms with van der Waals surface area (Å²) >= 11 is 0. The summed E-state index contributed by atoms with van der Waals surface area (Å²) in [5.74, 6) is -6.94. The number of aromatic nitrogens is 2. The van der Waals surface area contributed by atoms with Gasteiger partial charge < -0.3 is 42.6 Å². The lowest BCUT2D eigenvalue weighted by molar-refractivity contribution is -0.142. The second-order valence-electron chi connectivity index (χ2n) is 7.85. The minimum atomic E-state index is -1.54. The van der Waals surface area contributed by atoms with Crippen molar-refractivity contribution in [2.75, 3.05) is 0 Å². The SMILES string of the molecule is CC(C)C(NC(=O)C(CC(N)=O)NC(=O)C(N)CC(=O)O)C(=O)NC(Cc1cnc[nH]1)C(=O)O. The second-order valence-corrected chi connectivity index (χ2v) is 7.85. The Morgan fingerprint density at radius 2 is 1.59 bits per heavy atom. The molecule has 15 heteroatoms. The van der Waals surface area contributed by atoms with Crippen molar-refractivity contribution in [3.8, 4) is 0 Å². The lowest BCUT2D eigenvalue weighted by atomic mass is 10.0. The molecule has 188 valence electrons. The Morgan fingerprint density at radius 1 is 0.971 bits per heavy atom. The molecule has 0 radical (unpaired) electrons. The first-order valence-electron chi connectivity index (χ1n) is 10.2. The standard InChI is InChI=1S/C19H29N7O8/c1-8(2)15(18(32)25-12(19(33)34)3-9-6-22-7-23-9)26-17(31)11(5-13(21)27)24-16(30)10(20)4-14(28)29/h6-8,10-12,15H,3-5,20H2,1-2H3,(H2,21,27)(H,22,23)(H,24,30)(H,25,32)(H,26,31)(H,28,29)(H,33,34). The largest absolute Gasteiger partial charge is 0.481 e. The molecule has 4 atom stereocenters. The van der Waals surface area contributed by atoms with Crippen LogP contribution in [0.5, 0.6) is 0 Å². The van der Waals surface area contributed by atoms with E-state index in [1.165, 1.54) is 12.5 Å². The molecule has 15 nitrogen and oxygen atoms in total. The summed E-state index contributed by atoms with van der Waals surface area (Å²) in [5, 5.41) is 25.0. The van der Waals surface area contributed by atoms with E-state index in [1.54, 1.807) is 13.8 Å². The number of amides is 4. The molecule has 1 aromatic heterocycles. The third-order valence-corrected chi connectivity index (χ3v) is 4.61. The van der Waals surface area contributed by atoms with Gasteiger partial charge in [-0.3, -0.25) is 24.0 Å². The Hall–Kier alpha value is -4.01. The van der Waals surface area contributed by atoms with Crippen LogP contribution in [0.1, 0.15) is 32.4 Å². The number of nitrogens with two attached hydrogens (primary N) is 2. The van der Waals surface area contributed by atoms with Gasteiger partial charge in [-0.15, -0.1) is 0 Å². The Labute approximate surface area is 194 Å². The highest BCUT2D eigenvalue weighted by atomic mass is 16.4. The number of aliphatic carboxylic acids is 2. The van der Waals surface area contributed by atoms with Gasteiger partial charge in [0.25, 0.3) is 0 Å². The fourth-order valence-corrected chi connectivity index (χ4v) is 2.84. The van der Waals surface area contributed by atoms with Gasteiger partial charge in [0.1, 0.15) is 18.1 Å². The molecule has 0 saturated carbocycles. The number of H-pyrrole nitrogens is 1. The second kappa shape index (κ2) is 12.9. The van der Waals surface area contributed by atoms with E-state index in [4.69, 9.17) is 16.6 Å². The monoisotopic (exact) mass is 483 g/mol. The van der Waals surface area contributed by atoms with Gasteiger partial charge in [0, 0.05) is 18.3 Å². The van der Waals surface area contributed by atoms with Crippen molar-refractivity contribution in [3.63, 3.8) is 0 Å². The fourth-order valence-electron chi connectivity index (χ4n) is 2.84. The van der Waals surface area contributed by atoms with Gasteiger partial charge in [0.2, 0.25) is 23.6 Å². The number of hydrogen-bond donors (Lipinski definition) is 8. The van der Waals surface area contributed by atoms with Gasteiger partial charge in [0.15, 0.2) is 0 Å². The zero-order chi connectivity index (χ0) is 26.0. The molecule has 34 heavy (non-hydrogen) atoms. The molecule has 10 N–H and O–H groups in total. The van der Waals surface area contributed by atoms with Crippen molar-refractivity contribution in [1.82, 2.24) is 25.9 Å². The number of primary amides is 1. The van der Waals surface area contributed by atoms with Crippen LogP contribution in [0.25, 0.3) is 0 Å². The van der Waals surface area contributed by atoms with Crippen molar-refractivity contribution in [2.24, 2.45) is 17.4 Å². The summed E-state index contributed by atoms with van der Waals surface area (Å²) in [6, 6.07) is -5.61. The van der Waals surface area contributed by atoms with E-state index in [-0.39, 0.29) is 6.42 Å². The van der Waals surface area contributed by atoms with Crippen molar-refractivity contribution < 1.29 is 39.0 Å². The molecule has 1 rings (SSSR count). The first kappa shape index (κ1) is 28.0. The van der Waals surface area contributed by atoms with E-state index in [0.29, 0.717) is 5.69 Å². The summed E-state index contributed by atoms with van der Waals surface area (Å²) < 4.78 is 0. The molecule has 4 unspecified atom stereocenters. The number of hydrogen-bond acceptors (Lipinski definition) is 8. The van der Waals surface area contributed by atoms with Gasteiger partial charge in [-0.05, 0) is 5.92 Å².